The minimum atomic E-state index is 0.919. The number of aromatic amines is 1. The summed E-state index contributed by atoms with van der Waals surface area (Å²) >= 11 is 0. The molecule has 37 heavy (non-hydrogen) atoms. The molecular formula is C29H49N7O. The van der Waals surface area contributed by atoms with Crippen LogP contribution in [0.2, 0.25) is 0 Å². The lowest BCUT2D eigenvalue weighted by molar-refractivity contribution is 0.392. The van der Waals surface area contributed by atoms with E-state index in [1.165, 1.54) is 53.8 Å². The second-order valence-corrected chi connectivity index (χ2v) is 10.1. The molecule has 0 amide bonds. The molecule has 8 heteroatoms. The summed E-state index contributed by atoms with van der Waals surface area (Å²) in [6, 6.07) is 0. The summed E-state index contributed by atoms with van der Waals surface area (Å²) in [5, 5.41) is 18.6. The van der Waals surface area contributed by atoms with Crippen molar-refractivity contribution in [1.29, 1.82) is 0 Å². The number of rotatable bonds is 0. The number of hydrogen-bond acceptors (Lipinski definition) is 5. The van der Waals surface area contributed by atoms with Gasteiger partial charge in [0.25, 0.3) is 0 Å². The molecule has 0 aromatic carbocycles. The Morgan fingerprint density at radius 1 is 0.838 bits per heavy atom. The van der Waals surface area contributed by atoms with E-state index in [2.05, 4.69) is 53.2 Å². The van der Waals surface area contributed by atoms with Crippen molar-refractivity contribution < 1.29 is 4.52 Å². The van der Waals surface area contributed by atoms with Gasteiger partial charge < -0.3 is 4.52 Å². The molecule has 4 heterocycles. The number of aryl methyl sites for hydroxylation is 8. The van der Waals surface area contributed by atoms with Gasteiger partial charge in [0.15, 0.2) is 0 Å². The first kappa shape index (κ1) is 31.9. The van der Waals surface area contributed by atoms with E-state index in [-0.39, 0.29) is 0 Å². The van der Waals surface area contributed by atoms with Gasteiger partial charge >= 0.3 is 0 Å². The van der Waals surface area contributed by atoms with Gasteiger partial charge in [-0.1, -0.05) is 37.8 Å². The second-order valence-electron chi connectivity index (χ2n) is 10.1. The first-order valence-electron chi connectivity index (χ1n) is 13.1. The fourth-order valence-electron chi connectivity index (χ4n) is 3.42. The highest BCUT2D eigenvalue weighted by Crippen LogP contribution is 2.23. The molecule has 206 valence electrons. The predicted octanol–water partition coefficient (Wildman–Crippen LogP) is 6.90. The van der Waals surface area contributed by atoms with Gasteiger partial charge in [0.05, 0.1) is 23.8 Å². The predicted molar refractivity (Wildman–Crippen MR) is 152 cm³/mol. The van der Waals surface area contributed by atoms with E-state index in [9.17, 15) is 0 Å². The van der Waals surface area contributed by atoms with Crippen molar-refractivity contribution in [1.82, 2.24) is 34.9 Å². The quantitative estimate of drug-likeness (QED) is 0.277. The Morgan fingerprint density at radius 3 is 1.59 bits per heavy atom. The van der Waals surface area contributed by atoms with Crippen LogP contribution in [-0.4, -0.2) is 34.9 Å². The van der Waals surface area contributed by atoms with Crippen molar-refractivity contribution in [2.24, 2.45) is 20.0 Å². The maximum Gasteiger partial charge on any atom is 0.136 e. The lowest BCUT2D eigenvalue weighted by atomic mass is 10.2. The van der Waals surface area contributed by atoms with E-state index < -0.39 is 0 Å². The van der Waals surface area contributed by atoms with Gasteiger partial charge in [-0.2, -0.15) is 15.3 Å². The van der Waals surface area contributed by atoms with E-state index >= 15 is 0 Å². The highest BCUT2D eigenvalue weighted by Gasteiger charge is 2.07. The van der Waals surface area contributed by atoms with E-state index in [0.29, 0.717) is 0 Å². The Hall–Kier alpha value is -3.16. The summed E-state index contributed by atoms with van der Waals surface area (Å²) in [6.45, 7) is 20.4. The third-order valence-electron chi connectivity index (χ3n) is 6.85. The van der Waals surface area contributed by atoms with Crippen molar-refractivity contribution in [2.75, 3.05) is 0 Å². The fourth-order valence-corrected chi connectivity index (χ4v) is 3.42. The SMILES string of the molecule is CC1CCCC1.Cc1cnn(C)c1.Cc1cnn(C)c1C.Cc1n[nH]c(C)c1C.Cc1noc(C)c1C. The van der Waals surface area contributed by atoms with Crippen LogP contribution in [0.4, 0.5) is 0 Å². The fraction of sp³-hybridized carbons (Fsp3) is 0.586. The second kappa shape index (κ2) is 15.8. The lowest BCUT2D eigenvalue weighted by Gasteiger charge is -1.91. The third kappa shape index (κ3) is 11.6. The van der Waals surface area contributed by atoms with E-state index in [4.69, 9.17) is 4.52 Å². The topological polar surface area (TPSA) is 90.3 Å². The Bertz CT molecular complexity index is 993. The molecule has 0 spiro atoms. The van der Waals surface area contributed by atoms with Crippen molar-refractivity contribution in [2.45, 2.75) is 94.9 Å². The summed E-state index contributed by atoms with van der Waals surface area (Å²) in [5.41, 5.74) is 9.39. The van der Waals surface area contributed by atoms with Gasteiger partial charge in [-0.05, 0) is 84.9 Å². The minimum absolute atomic E-state index is 0.919. The maximum atomic E-state index is 4.84. The maximum absolute atomic E-state index is 4.84. The van der Waals surface area contributed by atoms with Crippen molar-refractivity contribution in [3.63, 3.8) is 0 Å². The van der Waals surface area contributed by atoms with Crippen LogP contribution >= 0.6 is 0 Å². The van der Waals surface area contributed by atoms with Crippen LogP contribution in [0.15, 0.2) is 23.1 Å². The van der Waals surface area contributed by atoms with Crippen LogP contribution in [0.25, 0.3) is 0 Å². The summed E-state index contributed by atoms with van der Waals surface area (Å²) < 4.78 is 8.50. The number of aromatic nitrogens is 7. The average Bonchev–Trinajstić information content (AvgIpc) is 3.68. The van der Waals surface area contributed by atoms with Crippen LogP contribution in [0, 0.1) is 68.2 Å². The van der Waals surface area contributed by atoms with E-state index in [1.54, 1.807) is 4.68 Å². The van der Waals surface area contributed by atoms with Crippen molar-refractivity contribution >= 4 is 0 Å². The van der Waals surface area contributed by atoms with Gasteiger partial charge in [-0.3, -0.25) is 14.5 Å². The van der Waals surface area contributed by atoms with E-state index in [1.807, 2.05) is 78.9 Å². The molecule has 0 bridgehead atoms. The number of nitrogens with zero attached hydrogens (tertiary/aromatic N) is 6. The largest absolute Gasteiger partial charge is 0.361 e. The molecule has 0 atom stereocenters. The molecule has 1 aliphatic rings. The molecule has 0 saturated heterocycles. The molecule has 1 N–H and O–H groups in total. The molecular weight excluding hydrogens is 462 g/mol. The van der Waals surface area contributed by atoms with Gasteiger partial charge in [0.1, 0.15) is 5.76 Å². The smallest absolute Gasteiger partial charge is 0.136 e. The Balaban J connectivity index is 0.000000232. The summed E-state index contributed by atoms with van der Waals surface area (Å²) in [4.78, 5) is 0. The monoisotopic (exact) mass is 511 g/mol. The molecule has 0 radical (unpaired) electrons. The zero-order chi connectivity index (χ0) is 28.1. The summed E-state index contributed by atoms with van der Waals surface area (Å²) in [5.74, 6) is 1.97. The molecule has 4 aromatic rings. The van der Waals surface area contributed by atoms with Gasteiger partial charge in [0.2, 0.25) is 0 Å². The highest BCUT2D eigenvalue weighted by molar-refractivity contribution is 5.20. The zero-order valence-electron chi connectivity index (χ0n) is 25.2. The lowest BCUT2D eigenvalue weighted by Crippen LogP contribution is -1.91. The highest BCUT2D eigenvalue weighted by atomic mass is 16.5. The zero-order valence-corrected chi connectivity index (χ0v) is 25.2. The van der Waals surface area contributed by atoms with Crippen molar-refractivity contribution in [3.05, 3.63) is 69.4 Å². The normalized spacial score (nSPS) is 12.3. The molecule has 5 rings (SSSR count). The molecule has 0 unspecified atom stereocenters. The van der Waals surface area contributed by atoms with Crippen LogP contribution in [0.5, 0.6) is 0 Å². The first-order chi connectivity index (χ1) is 17.3. The molecule has 4 aromatic heterocycles. The average molecular weight is 512 g/mol. The Labute approximate surface area is 223 Å². The first-order valence-corrected chi connectivity index (χ1v) is 13.1. The number of nitrogens with one attached hydrogen (secondary N) is 1. The van der Waals surface area contributed by atoms with Gasteiger partial charge in [-0.15, -0.1) is 0 Å². The number of hydrogen-bond donors (Lipinski definition) is 1. The van der Waals surface area contributed by atoms with Gasteiger partial charge in [0, 0.05) is 37.2 Å². The van der Waals surface area contributed by atoms with Crippen LogP contribution < -0.4 is 0 Å². The van der Waals surface area contributed by atoms with Crippen LogP contribution in [0.3, 0.4) is 0 Å². The summed E-state index contributed by atoms with van der Waals surface area (Å²) in [6.07, 6.45) is 11.6. The van der Waals surface area contributed by atoms with Crippen molar-refractivity contribution in [3.8, 4) is 0 Å². The molecule has 0 aliphatic heterocycles. The molecule has 1 fully saturated rings. The third-order valence-corrected chi connectivity index (χ3v) is 6.85. The van der Waals surface area contributed by atoms with Gasteiger partial charge in [-0.25, -0.2) is 0 Å². The molecule has 8 nitrogen and oxygen atoms in total. The minimum Gasteiger partial charge on any atom is -0.361 e. The molecule has 1 aliphatic carbocycles. The molecule has 1 saturated carbocycles. The Kier molecular flexibility index (Phi) is 13.6. The van der Waals surface area contributed by atoms with Crippen LogP contribution in [0.1, 0.15) is 83.4 Å². The standard InChI is InChI=1S/2C6H10N2.C6H9NO.C6H12.C5H8N2/c1-5-4-7-8(3)6(5)2;2*1-4-5(2)7-8-6(4)3;1-6-4-2-3-5-6;1-5-3-6-7(2)4-5/h4H,1-3H3;1-3H3,(H,7,8);1-3H3;6H,2-5H2,1H3;3-4H,1-2H3. The van der Waals surface area contributed by atoms with E-state index in [0.717, 1.165) is 28.6 Å². The number of H-pyrrole nitrogens is 1. The summed E-state index contributed by atoms with van der Waals surface area (Å²) in [7, 11) is 3.86. The van der Waals surface area contributed by atoms with Crippen LogP contribution in [-0.2, 0) is 14.1 Å². The Morgan fingerprint density at radius 2 is 1.46 bits per heavy atom.